The number of nitriles is 1. The predicted molar refractivity (Wildman–Crippen MR) is 126 cm³/mol. The van der Waals surface area contributed by atoms with E-state index in [4.69, 9.17) is 8.42 Å². The molecule has 1 amide bonds. The van der Waals surface area contributed by atoms with Gasteiger partial charge in [-0.25, -0.2) is 9.37 Å². The molecule has 1 aromatic heterocycles. The number of alkyl halides is 3. The number of aliphatic hydroxyl groups is 1. The molecule has 1 heterocycles. The summed E-state index contributed by atoms with van der Waals surface area (Å²) in [5.74, 6) is -0.701. The summed E-state index contributed by atoms with van der Waals surface area (Å²) in [6.45, 7) is 3.85. The number of aryl methyl sites for hydroxylation is 2. The molecule has 1 saturated carbocycles. The molecule has 1 aromatic carbocycles. The van der Waals surface area contributed by atoms with Gasteiger partial charge in [-0.15, -0.1) is 0 Å². The van der Waals surface area contributed by atoms with Crippen LogP contribution in [0.1, 0.15) is 73.5 Å². The highest BCUT2D eigenvalue weighted by Crippen LogP contribution is 2.31. The third-order valence-electron chi connectivity index (χ3n) is 6.32. The Labute approximate surface area is 215 Å². The van der Waals surface area contributed by atoms with Gasteiger partial charge in [-0.05, 0) is 55.7 Å². The van der Waals surface area contributed by atoms with Gasteiger partial charge in [0.25, 0.3) is 5.91 Å². The molecule has 0 radical (unpaired) electrons. The van der Waals surface area contributed by atoms with Gasteiger partial charge in [-0.3, -0.25) is 9.36 Å². The molecule has 1 aliphatic rings. The van der Waals surface area contributed by atoms with E-state index in [1.54, 1.807) is 6.92 Å². The molecule has 8 nitrogen and oxygen atoms in total. The molecule has 2 aromatic rings. The van der Waals surface area contributed by atoms with Crippen LogP contribution in [0.3, 0.4) is 0 Å². The van der Waals surface area contributed by atoms with E-state index >= 15 is 0 Å². The molecule has 0 spiro atoms. The standard InChI is InChI=1S/C24H28F4N4O2.O2S/c1-3-20-31-21(22(33)30-14-23(34)9-6-15(2)7-10-23)19(13-29)32(20)18-5-4-16(12-17(18)25)8-11-24(26,27)28;1-3-2/h4-5,12,15,34H,3,6-11,14H2,1-2H3,(H,30,33);. The lowest BCUT2D eigenvalue weighted by molar-refractivity contribution is -0.134. The fraction of sp³-hybridized carbons (Fsp3) is 0.542. The first-order chi connectivity index (χ1) is 17.4. The van der Waals surface area contributed by atoms with Crippen molar-refractivity contribution in [1.29, 1.82) is 5.26 Å². The smallest absolute Gasteiger partial charge is 0.388 e. The lowest BCUT2D eigenvalue weighted by Crippen LogP contribution is -2.45. The molecule has 0 aliphatic heterocycles. The normalized spacial score (nSPS) is 19.4. The Morgan fingerprint density at radius 2 is 1.95 bits per heavy atom. The van der Waals surface area contributed by atoms with Crippen molar-refractivity contribution < 1.29 is 35.9 Å². The summed E-state index contributed by atoms with van der Waals surface area (Å²) < 4.78 is 70.2. The van der Waals surface area contributed by atoms with Crippen LogP contribution in [0, 0.1) is 23.1 Å². The minimum Gasteiger partial charge on any atom is -0.388 e. The number of halogens is 4. The number of amides is 1. The van der Waals surface area contributed by atoms with Gasteiger partial charge in [-0.2, -0.15) is 26.9 Å². The van der Waals surface area contributed by atoms with Gasteiger partial charge in [0.15, 0.2) is 11.4 Å². The van der Waals surface area contributed by atoms with Crippen molar-refractivity contribution in [2.45, 2.75) is 70.6 Å². The van der Waals surface area contributed by atoms with E-state index < -0.39 is 41.5 Å². The number of nitrogens with one attached hydrogen (secondary N) is 1. The van der Waals surface area contributed by atoms with E-state index in [9.17, 15) is 32.7 Å². The second-order valence-corrected chi connectivity index (χ2v) is 9.22. The SMILES string of the molecule is CCc1nc(C(=O)NCC2(O)CCC(C)CC2)c(C#N)n1-c1ccc(CCC(F)(F)F)cc1F.O=S=O. The average Bonchev–Trinajstić information content (AvgIpc) is 3.22. The number of rotatable bonds is 7. The van der Waals surface area contributed by atoms with Gasteiger partial charge in [0.1, 0.15) is 17.7 Å². The minimum atomic E-state index is -4.35. The van der Waals surface area contributed by atoms with Crippen molar-refractivity contribution in [2.75, 3.05) is 6.54 Å². The second kappa shape index (κ2) is 12.9. The van der Waals surface area contributed by atoms with Gasteiger partial charge in [0, 0.05) is 19.4 Å². The Morgan fingerprint density at radius 1 is 1.32 bits per heavy atom. The number of benzene rings is 1. The van der Waals surface area contributed by atoms with E-state index in [1.165, 1.54) is 16.7 Å². The number of carbonyl (C=O) groups is 1. The number of aromatic nitrogens is 2. The topological polar surface area (TPSA) is 125 Å². The van der Waals surface area contributed by atoms with Crippen molar-refractivity contribution in [3.63, 3.8) is 0 Å². The molecule has 1 aliphatic carbocycles. The summed E-state index contributed by atoms with van der Waals surface area (Å²) in [6.07, 6.45) is -2.71. The average molecular weight is 545 g/mol. The summed E-state index contributed by atoms with van der Waals surface area (Å²) in [5, 5.41) is 23.1. The molecule has 202 valence electrons. The third-order valence-corrected chi connectivity index (χ3v) is 6.32. The van der Waals surface area contributed by atoms with Crippen molar-refractivity contribution >= 4 is 17.5 Å². The van der Waals surface area contributed by atoms with Crippen LogP contribution in [0.4, 0.5) is 17.6 Å². The molecule has 13 heteroatoms. The van der Waals surface area contributed by atoms with Crippen molar-refractivity contribution in [3.05, 3.63) is 46.8 Å². The predicted octanol–water partition coefficient (Wildman–Crippen LogP) is 3.94. The second-order valence-electron chi connectivity index (χ2n) is 9.08. The molecular weight excluding hydrogens is 516 g/mol. The van der Waals surface area contributed by atoms with Gasteiger partial charge in [-0.1, -0.05) is 19.9 Å². The lowest BCUT2D eigenvalue weighted by Gasteiger charge is -2.34. The number of nitrogens with zero attached hydrogens (tertiary/aromatic N) is 3. The van der Waals surface area contributed by atoms with Gasteiger partial charge in [0.2, 0.25) is 0 Å². The third kappa shape index (κ3) is 8.19. The first kappa shape index (κ1) is 30.1. The summed E-state index contributed by atoms with van der Waals surface area (Å²) in [6, 6.07) is 5.55. The maximum Gasteiger partial charge on any atom is 0.389 e. The van der Waals surface area contributed by atoms with Crippen molar-refractivity contribution in [3.8, 4) is 11.8 Å². The monoisotopic (exact) mass is 544 g/mol. The quantitative estimate of drug-likeness (QED) is 0.509. The molecule has 0 bridgehead atoms. The number of imidazole rings is 1. The fourth-order valence-corrected chi connectivity index (χ4v) is 4.20. The molecule has 1 fully saturated rings. The summed E-state index contributed by atoms with van der Waals surface area (Å²) >= 11 is -0.750. The number of hydrogen-bond acceptors (Lipinski definition) is 6. The zero-order valence-corrected chi connectivity index (χ0v) is 21.2. The van der Waals surface area contributed by atoms with Crippen LogP contribution in [-0.2, 0) is 24.4 Å². The molecule has 0 saturated heterocycles. The maximum atomic E-state index is 14.9. The van der Waals surface area contributed by atoms with Gasteiger partial charge in [0.05, 0.1) is 11.3 Å². The lowest BCUT2D eigenvalue weighted by atomic mass is 9.79. The molecule has 0 atom stereocenters. The number of hydrogen-bond donors (Lipinski definition) is 2. The van der Waals surface area contributed by atoms with Crippen LogP contribution >= 0.6 is 0 Å². The summed E-state index contributed by atoms with van der Waals surface area (Å²) in [7, 11) is 0. The maximum absolute atomic E-state index is 14.9. The van der Waals surface area contributed by atoms with Crippen molar-refractivity contribution in [1.82, 2.24) is 14.9 Å². The van der Waals surface area contributed by atoms with Crippen LogP contribution in [-0.4, -0.2) is 47.3 Å². The fourth-order valence-electron chi connectivity index (χ4n) is 4.20. The Bertz CT molecular complexity index is 1180. The van der Waals surface area contributed by atoms with E-state index in [0.717, 1.165) is 18.9 Å². The Morgan fingerprint density at radius 3 is 2.46 bits per heavy atom. The zero-order chi connectivity index (χ0) is 27.8. The van der Waals surface area contributed by atoms with E-state index in [-0.39, 0.29) is 47.8 Å². The first-order valence-electron chi connectivity index (χ1n) is 11.7. The minimum absolute atomic E-state index is 0.0139. The van der Waals surface area contributed by atoms with Crippen LogP contribution in [0.25, 0.3) is 5.69 Å². The van der Waals surface area contributed by atoms with Gasteiger partial charge < -0.3 is 10.4 Å². The zero-order valence-electron chi connectivity index (χ0n) is 20.4. The van der Waals surface area contributed by atoms with E-state index in [2.05, 4.69) is 17.2 Å². The molecule has 0 unspecified atom stereocenters. The summed E-state index contributed by atoms with van der Waals surface area (Å²) in [4.78, 5) is 17.1. The largest absolute Gasteiger partial charge is 0.389 e. The highest BCUT2D eigenvalue weighted by Gasteiger charge is 2.33. The van der Waals surface area contributed by atoms with Crippen molar-refractivity contribution in [2.24, 2.45) is 5.92 Å². The summed E-state index contributed by atoms with van der Waals surface area (Å²) in [5.41, 5.74) is -1.30. The molecule has 3 rings (SSSR count). The molecule has 37 heavy (non-hydrogen) atoms. The Balaban J connectivity index is 0.00000153. The molecular formula is C24H28F4N4O4S. The van der Waals surface area contributed by atoms with Crippen LogP contribution in [0.15, 0.2) is 18.2 Å². The van der Waals surface area contributed by atoms with Gasteiger partial charge >= 0.3 is 17.7 Å². The number of carbonyl (C=O) groups excluding carboxylic acids is 1. The highest BCUT2D eigenvalue weighted by molar-refractivity contribution is 7.51. The Kier molecular flexibility index (Phi) is 10.5. The van der Waals surface area contributed by atoms with E-state index in [1.807, 2.05) is 6.07 Å². The van der Waals surface area contributed by atoms with Crippen LogP contribution in [0.5, 0.6) is 0 Å². The highest BCUT2D eigenvalue weighted by atomic mass is 32.1. The molecule has 2 N–H and O–H groups in total. The van der Waals surface area contributed by atoms with E-state index in [0.29, 0.717) is 18.8 Å². The van der Waals surface area contributed by atoms with Crippen LogP contribution < -0.4 is 5.32 Å². The Hall–Kier alpha value is -3.11. The first-order valence-corrected chi connectivity index (χ1v) is 12.3. The van der Waals surface area contributed by atoms with Crippen LogP contribution in [0.2, 0.25) is 0 Å².